The minimum Gasteiger partial charge on any atom is -0.291 e. The number of para-hydroxylation sites is 2. The summed E-state index contributed by atoms with van der Waals surface area (Å²) in [5, 5.41) is 3.68. The molecule has 0 saturated carbocycles. The monoisotopic (exact) mass is 427 g/mol. The fourth-order valence-corrected chi connectivity index (χ4v) is 5.76. The Morgan fingerprint density at radius 2 is 1.44 bits per heavy atom. The Kier molecular flexibility index (Phi) is 3.72. The van der Waals surface area contributed by atoms with Gasteiger partial charge in [0.2, 0.25) is 0 Å². The Bertz CT molecular complexity index is 1780. The van der Waals surface area contributed by atoms with Crippen molar-refractivity contribution >= 4 is 53.6 Å². The Balaban J connectivity index is 1.63. The van der Waals surface area contributed by atoms with Crippen molar-refractivity contribution < 1.29 is 0 Å². The zero-order valence-electron chi connectivity index (χ0n) is 17.1. The van der Waals surface area contributed by atoms with Gasteiger partial charge in [-0.05, 0) is 36.4 Å². The fourth-order valence-electron chi connectivity index (χ4n) is 4.55. The Morgan fingerprint density at radius 1 is 0.656 bits per heavy atom. The fraction of sp³-hybridized carbons (Fsp3) is 0. The van der Waals surface area contributed by atoms with Gasteiger partial charge in [0.05, 0.1) is 11.0 Å². The molecule has 0 fully saturated rings. The topological polar surface area (TPSA) is 30.7 Å². The summed E-state index contributed by atoms with van der Waals surface area (Å²) in [6, 6.07) is 36.0. The van der Waals surface area contributed by atoms with Gasteiger partial charge in [-0.2, -0.15) is 0 Å². The van der Waals surface area contributed by atoms with Gasteiger partial charge in [-0.25, -0.2) is 9.97 Å². The number of hydrogen-bond donors (Lipinski definition) is 0. The number of imidazole rings is 1. The van der Waals surface area contributed by atoms with Crippen LogP contribution >= 0.6 is 11.3 Å². The maximum Gasteiger partial charge on any atom is 0.179 e. The predicted octanol–water partition coefficient (Wildman–Crippen LogP) is 7.61. The van der Waals surface area contributed by atoms with Crippen LogP contribution < -0.4 is 0 Å². The van der Waals surface area contributed by atoms with Gasteiger partial charge in [0.1, 0.15) is 5.82 Å². The van der Waals surface area contributed by atoms with Crippen LogP contribution in [0.4, 0.5) is 0 Å². The number of nitrogens with zero attached hydrogens (tertiary/aromatic N) is 3. The molecular weight excluding hydrogens is 410 g/mol. The normalized spacial score (nSPS) is 11.8. The molecule has 0 saturated heterocycles. The summed E-state index contributed by atoms with van der Waals surface area (Å²) < 4.78 is 4.79. The molecule has 0 radical (unpaired) electrons. The van der Waals surface area contributed by atoms with E-state index in [1.165, 1.54) is 20.2 Å². The van der Waals surface area contributed by atoms with Gasteiger partial charge in [-0.3, -0.25) is 4.57 Å². The molecule has 0 N–H and O–H groups in total. The average Bonchev–Trinajstić information content (AvgIpc) is 3.41. The van der Waals surface area contributed by atoms with Crippen molar-refractivity contribution in [3.05, 3.63) is 103 Å². The molecule has 3 aromatic heterocycles. The minimum atomic E-state index is 0.765. The molecule has 4 aromatic carbocycles. The first kappa shape index (κ1) is 17.6. The molecule has 150 valence electrons. The second kappa shape index (κ2) is 6.74. The molecule has 7 aromatic rings. The molecule has 0 aliphatic heterocycles. The van der Waals surface area contributed by atoms with Gasteiger partial charge >= 0.3 is 0 Å². The molecular formula is C28H17N3S. The van der Waals surface area contributed by atoms with Gasteiger partial charge < -0.3 is 0 Å². The highest BCUT2D eigenvalue weighted by molar-refractivity contribution is 7.26. The molecule has 0 spiro atoms. The molecule has 0 atom stereocenters. The molecule has 3 heterocycles. The Morgan fingerprint density at radius 3 is 2.38 bits per heavy atom. The number of aromatic nitrogens is 3. The maximum atomic E-state index is 5.09. The smallest absolute Gasteiger partial charge is 0.179 e. The Hall–Kier alpha value is -4.02. The molecule has 0 aliphatic carbocycles. The molecule has 4 heteroatoms. The summed E-state index contributed by atoms with van der Waals surface area (Å²) in [6.45, 7) is 0. The third kappa shape index (κ3) is 2.53. The van der Waals surface area contributed by atoms with Crippen LogP contribution in [0.1, 0.15) is 0 Å². The zero-order valence-corrected chi connectivity index (χ0v) is 17.9. The van der Waals surface area contributed by atoms with Crippen LogP contribution in [0.5, 0.6) is 0 Å². The van der Waals surface area contributed by atoms with Crippen molar-refractivity contribution in [2.45, 2.75) is 0 Å². The maximum absolute atomic E-state index is 5.09. The van der Waals surface area contributed by atoms with Gasteiger partial charge in [0, 0.05) is 36.8 Å². The van der Waals surface area contributed by atoms with Crippen molar-refractivity contribution in [1.29, 1.82) is 0 Å². The van der Waals surface area contributed by atoms with Crippen LogP contribution in [0.15, 0.2) is 103 Å². The molecule has 0 unspecified atom stereocenters. The van der Waals surface area contributed by atoms with Crippen LogP contribution in [-0.4, -0.2) is 14.5 Å². The SMILES string of the molecule is c1ccc(-n2c(-c3cccc4c3sc3ccccc34)nc3nc4ccccc4cc32)cc1. The van der Waals surface area contributed by atoms with E-state index in [1.54, 1.807) is 0 Å². The highest BCUT2D eigenvalue weighted by Gasteiger charge is 2.19. The summed E-state index contributed by atoms with van der Waals surface area (Å²) in [5.74, 6) is 0.922. The summed E-state index contributed by atoms with van der Waals surface area (Å²) in [7, 11) is 0. The quantitative estimate of drug-likeness (QED) is 0.284. The van der Waals surface area contributed by atoms with Gasteiger partial charge in [0.25, 0.3) is 0 Å². The van der Waals surface area contributed by atoms with E-state index < -0.39 is 0 Å². The van der Waals surface area contributed by atoms with Crippen LogP contribution in [0.2, 0.25) is 0 Å². The summed E-state index contributed by atoms with van der Waals surface area (Å²) in [5.41, 5.74) is 4.96. The summed E-state index contributed by atoms with van der Waals surface area (Å²) >= 11 is 1.83. The first-order valence-electron chi connectivity index (χ1n) is 10.6. The lowest BCUT2D eigenvalue weighted by molar-refractivity contribution is 1.11. The molecule has 7 rings (SSSR count). The third-order valence-corrected chi connectivity index (χ3v) is 7.23. The molecule has 0 aliphatic rings. The van der Waals surface area contributed by atoms with E-state index in [0.29, 0.717) is 0 Å². The van der Waals surface area contributed by atoms with E-state index in [2.05, 4.69) is 89.5 Å². The zero-order chi connectivity index (χ0) is 21.1. The standard InChI is InChI=1S/C28H17N3S/c1-2-10-19(11-3-1)31-24-17-18-9-4-6-15-23(18)29-27(24)30-28(31)22-14-8-13-21-20-12-5-7-16-25(20)32-26(21)22/h1-17H. The highest BCUT2D eigenvalue weighted by atomic mass is 32.1. The Labute approximate surface area is 188 Å². The minimum absolute atomic E-state index is 0.765. The van der Waals surface area contributed by atoms with E-state index in [1.807, 2.05) is 29.5 Å². The van der Waals surface area contributed by atoms with Crippen molar-refractivity contribution in [1.82, 2.24) is 14.5 Å². The number of hydrogen-bond acceptors (Lipinski definition) is 3. The summed E-state index contributed by atoms with van der Waals surface area (Å²) in [4.78, 5) is 9.99. The lowest BCUT2D eigenvalue weighted by Crippen LogP contribution is -1.97. The average molecular weight is 428 g/mol. The first-order valence-corrected chi connectivity index (χ1v) is 11.4. The van der Waals surface area contributed by atoms with Crippen LogP contribution in [0.3, 0.4) is 0 Å². The highest BCUT2D eigenvalue weighted by Crippen LogP contribution is 2.41. The van der Waals surface area contributed by atoms with Crippen molar-refractivity contribution in [2.24, 2.45) is 0 Å². The van der Waals surface area contributed by atoms with E-state index in [4.69, 9.17) is 9.97 Å². The van der Waals surface area contributed by atoms with E-state index >= 15 is 0 Å². The van der Waals surface area contributed by atoms with Crippen molar-refractivity contribution in [2.75, 3.05) is 0 Å². The number of rotatable bonds is 2. The predicted molar refractivity (Wildman–Crippen MR) is 135 cm³/mol. The van der Waals surface area contributed by atoms with Gasteiger partial charge in [-0.15, -0.1) is 11.3 Å². The largest absolute Gasteiger partial charge is 0.291 e. The van der Waals surface area contributed by atoms with E-state index in [9.17, 15) is 0 Å². The van der Waals surface area contributed by atoms with E-state index in [-0.39, 0.29) is 0 Å². The lowest BCUT2D eigenvalue weighted by atomic mass is 10.1. The van der Waals surface area contributed by atoms with Crippen LogP contribution in [0, 0.1) is 0 Å². The van der Waals surface area contributed by atoms with Crippen molar-refractivity contribution in [3.63, 3.8) is 0 Å². The van der Waals surface area contributed by atoms with Gasteiger partial charge in [-0.1, -0.05) is 66.7 Å². The number of pyridine rings is 1. The molecule has 0 bridgehead atoms. The number of thiophene rings is 1. The van der Waals surface area contributed by atoms with Gasteiger partial charge in [0.15, 0.2) is 5.65 Å². The first-order chi connectivity index (χ1) is 15.9. The summed E-state index contributed by atoms with van der Waals surface area (Å²) in [6.07, 6.45) is 0. The molecule has 3 nitrogen and oxygen atoms in total. The molecule has 32 heavy (non-hydrogen) atoms. The lowest BCUT2D eigenvalue weighted by Gasteiger charge is -2.10. The number of fused-ring (bicyclic) bond motifs is 5. The van der Waals surface area contributed by atoms with Crippen molar-refractivity contribution in [3.8, 4) is 17.1 Å². The van der Waals surface area contributed by atoms with Crippen LogP contribution in [0.25, 0.3) is 59.3 Å². The van der Waals surface area contributed by atoms with E-state index in [0.717, 1.165) is 39.1 Å². The second-order valence-electron chi connectivity index (χ2n) is 7.91. The van der Waals surface area contributed by atoms with Crippen LogP contribution in [-0.2, 0) is 0 Å². The molecule has 0 amide bonds. The third-order valence-electron chi connectivity index (χ3n) is 6.01. The number of benzene rings is 4. The second-order valence-corrected chi connectivity index (χ2v) is 8.96.